The van der Waals surface area contributed by atoms with E-state index in [-0.39, 0.29) is 5.69 Å². The second-order valence-corrected chi connectivity index (χ2v) is 5.40. The normalized spacial score (nSPS) is 16.6. The van der Waals surface area contributed by atoms with Crippen LogP contribution in [-0.2, 0) is 6.54 Å². The fraction of sp³-hybridized carbons (Fsp3) is 0.615. The van der Waals surface area contributed by atoms with Gasteiger partial charge in [-0.3, -0.25) is 0 Å². The van der Waals surface area contributed by atoms with Crippen LogP contribution in [0.3, 0.4) is 0 Å². The molecule has 0 radical (unpaired) electrons. The van der Waals surface area contributed by atoms with Gasteiger partial charge in [0, 0.05) is 25.3 Å². The predicted molar refractivity (Wildman–Crippen MR) is 71.3 cm³/mol. The third kappa shape index (κ3) is 3.06. The summed E-state index contributed by atoms with van der Waals surface area (Å²) >= 11 is 5.85. The molecule has 0 bridgehead atoms. The predicted octanol–water partition coefficient (Wildman–Crippen LogP) is 2.71. The first-order valence-electron chi connectivity index (χ1n) is 6.37. The van der Waals surface area contributed by atoms with E-state index in [1.165, 1.54) is 31.7 Å². The van der Waals surface area contributed by atoms with Crippen molar-refractivity contribution in [3.8, 4) is 0 Å². The molecule has 0 unspecified atom stereocenters. The Morgan fingerprint density at radius 3 is 2.83 bits per heavy atom. The molecule has 18 heavy (non-hydrogen) atoms. The van der Waals surface area contributed by atoms with Crippen molar-refractivity contribution < 1.29 is 9.90 Å². The number of nitrogens with zero attached hydrogens (tertiary/aromatic N) is 2. The lowest BCUT2D eigenvalue weighted by Gasteiger charge is -2.24. The topological polar surface area (TPSA) is 45.5 Å². The van der Waals surface area contributed by atoms with Gasteiger partial charge in [-0.2, -0.15) is 0 Å². The van der Waals surface area contributed by atoms with Gasteiger partial charge < -0.3 is 14.6 Å². The van der Waals surface area contributed by atoms with E-state index in [0.717, 1.165) is 6.54 Å². The molecule has 1 fully saturated rings. The van der Waals surface area contributed by atoms with E-state index in [1.807, 2.05) is 0 Å². The lowest BCUT2D eigenvalue weighted by Crippen LogP contribution is -2.32. The van der Waals surface area contributed by atoms with Crippen molar-refractivity contribution >= 4 is 17.6 Å². The number of aromatic nitrogens is 1. The lowest BCUT2D eigenvalue weighted by atomic mass is 10.2. The third-order valence-electron chi connectivity index (χ3n) is 3.72. The van der Waals surface area contributed by atoms with Crippen molar-refractivity contribution in [2.75, 3.05) is 13.6 Å². The molecule has 2 rings (SSSR count). The van der Waals surface area contributed by atoms with Crippen LogP contribution in [0.2, 0.25) is 5.02 Å². The van der Waals surface area contributed by atoms with Crippen molar-refractivity contribution in [2.24, 2.45) is 0 Å². The molecule has 1 aromatic heterocycles. The molecule has 0 aliphatic heterocycles. The zero-order valence-corrected chi connectivity index (χ0v) is 11.4. The molecule has 1 aliphatic rings. The van der Waals surface area contributed by atoms with Crippen LogP contribution in [0.1, 0.15) is 36.2 Å². The largest absolute Gasteiger partial charge is 0.477 e. The smallest absolute Gasteiger partial charge is 0.352 e. The van der Waals surface area contributed by atoms with Gasteiger partial charge in [0.25, 0.3) is 0 Å². The quantitative estimate of drug-likeness (QED) is 0.895. The maximum atomic E-state index is 11.0. The number of carboxylic acids is 1. The Kier molecular flexibility index (Phi) is 4.30. The van der Waals surface area contributed by atoms with Crippen molar-refractivity contribution in [1.82, 2.24) is 9.47 Å². The maximum absolute atomic E-state index is 11.0. The van der Waals surface area contributed by atoms with Gasteiger partial charge in [0.2, 0.25) is 0 Å². The number of hydrogen-bond donors (Lipinski definition) is 1. The van der Waals surface area contributed by atoms with Gasteiger partial charge in [-0.15, -0.1) is 0 Å². The Balaban J connectivity index is 1.94. The van der Waals surface area contributed by atoms with Gasteiger partial charge in [0.1, 0.15) is 5.69 Å². The average Bonchev–Trinajstić information content (AvgIpc) is 2.94. The minimum atomic E-state index is -0.926. The monoisotopic (exact) mass is 270 g/mol. The SMILES string of the molecule is CN(CCn1cc(Cl)cc1C(=O)O)C1CCCC1. The van der Waals surface area contributed by atoms with Crippen LogP contribution in [0.15, 0.2) is 12.3 Å². The second kappa shape index (κ2) is 5.76. The highest BCUT2D eigenvalue weighted by Crippen LogP contribution is 2.22. The molecule has 0 saturated heterocycles. The fourth-order valence-electron chi connectivity index (χ4n) is 2.63. The van der Waals surface area contributed by atoms with Crippen LogP contribution in [-0.4, -0.2) is 40.2 Å². The van der Waals surface area contributed by atoms with Crippen LogP contribution < -0.4 is 0 Å². The summed E-state index contributed by atoms with van der Waals surface area (Å²) in [6.07, 6.45) is 6.83. The van der Waals surface area contributed by atoms with Gasteiger partial charge in [-0.25, -0.2) is 4.79 Å². The molecular weight excluding hydrogens is 252 g/mol. The minimum absolute atomic E-state index is 0.264. The lowest BCUT2D eigenvalue weighted by molar-refractivity contribution is 0.0684. The third-order valence-corrected chi connectivity index (χ3v) is 3.93. The Hall–Kier alpha value is -1.00. The molecule has 5 heteroatoms. The number of likely N-dealkylation sites (N-methyl/N-ethyl adjacent to an activating group) is 1. The summed E-state index contributed by atoms with van der Waals surface area (Å²) in [6.45, 7) is 1.53. The van der Waals surface area contributed by atoms with Crippen LogP contribution in [0.5, 0.6) is 0 Å². The molecule has 0 atom stereocenters. The number of halogens is 1. The molecular formula is C13H19ClN2O2. The molecule has 1 saturated carbocycles. The molecule has 1 aromatic rings. The summed E-state index contributed by atoms with van der Waals surface area (Å²) in [5.41, 5.74) is 0.264. The summed E-state index contributed by atoms with van der Waals surface area (Å²) in [4.78, 5) is 13.4. The van der Waals surface area contributed by atoms with Crippen LogP contribution in [0.25, 0.3) is 0 Å². The molecule has 100 valence electrons. The van der Waals surface area contributed by atoms with Crippen molar-refractivity contribution in [2.45, 2.75) is 38.3 Å². The van der Waals surface area contributed by atoms with E-state index < -0.39 is 5.97 Å². The number of rotatable bonds is 5. The summed E-state index contributed by atoms with van der Waals surface area (Å²) in [5.74, 6) is -0.926. The highest BCUT2D eigenvalue weighted by molar-refractivity contribution is 6.30. The average molecular weight is 271 g/mol. The van der Waals surface area contributed by atoms with Crippen LogP contribution in [0.4, 0.5) is 0 Å². The molecule has 0 amide bonds. The van der Waals surface area contributed by atoms with Gasteiger partial charge in [-0.05, 0) is 26.0 Å². The number of carbonyl (C=O) groups is 1. The standard InChI is InChI=1S/C13H19ClN2O2/c1-15(11-4-2-3-5-11)6-7-16-9-10(14)8-12(16)13(17)18/h8-9,11H,2-7H2,1H3,(H,17,18). The first kappa shape index (κ1) is 13.4. The van der Waals surface area contributed by atoms with Gasteiger partial charge in [0.05, 0.1) is 5.02 Å². The first-order valence-corrected chi connectivity index (χ1v) is 6.75. The Morgan fingerprint density at radius 1 is 1.56 bits per heavy atom. The molecule has 0 aromatic carbocycles. The maximum Gasteiger partial charge on any atom is 0.352 e. The summed E-state index contributed by atoms with van der Waals surface area (Å²) in [6, 6.07) is 2.16. The highest BCUT2D eigenvalue weighted by Gasteiger charge is 2.19. The van der Waals surface area contributed by atoms with Gasteiger partial charge in [-0.1, -0.05) is 24.4 Å². The van der Waals surface area contributed by atoms with E-state index in [1.54, 1.807) is 10.8 Å². The zero-order chi connectivity index (χ0) is 13.1. The molecule has 1 N–H and O–H groups in total. The van der Waals surface area contributed by atoms with Gasteiger partial charge in [0.15, 0.2) is 0 Å². The first-order chi connectivity index (χ1) is 8.58. The van der Waals surface area contributed by atoms with Crippen LogP contribution >= 0.6 is 11.6 Å². The second-order valence-electron chi connectivity index (χ2n) is 4.96. The van der Waals surface area contributed by atoms with Crippen LogP contribution in [0, 0.1) is 0 Å². The van der Waals surface area contributed by atoms with Crippen molar-refractivity contribution in [3.05, 3.63) is 23.0 Å². The van der Waals surface area contributed by atoms with E-state index >= 15 is 0 Å². The minimum Gasteiger partial charge on any atom is -0.477 e. The fourth-order valence-corrected chi connectivity index (χ4v) is 2.85. The van der Waals surface area contributed by atoms with E-state index in [0.29, 0.717) is 17.6 Å². The van der Waals surface area contributed by atoms with Crippen molar-refractivity contribution in [3.63, 3.8) is 0 Å². The highest BCUT2D eigenvalue weighted by atomic mass is 35.5. The molecule has 1 heterocycles. The molecule has 1 aliphatic carbocycles. The van der Waals surface area contributed by atoms with E-state index in [4.69, 9.17) is 16.7 Å². The Labute approximate surface area is 112 Å². The van der Waals surface area contributed by atoms with Gasteiger partial charge >= 0.3 is 5.97 Å². The zero-order valence-electron chi connectivity index (χ0n) is 10.6. The number of carboxylic acid groups (broad SMARTS) is 1. The van der Waals surface area contributed by atoms with E-state index in [2.05, 4.69) is 11.9 Å². The Morgan fingerprint density at radius 2 is 2.22 bits per heavy atom. The number of aromatic carboxylic acids is 1. The number of hydrogen-bond acceptors (Lipinski definition) is 2. The Bertz CT molecular complexity index is 425. The van der Waals surface area contributed by atoms with Crippen molar-refractivity contribution in [1.29, 1.82) is 0 Å². The summed E-state index contributed by atoms with van der Waals surface area (Å²) in [7, 11) is 2.11. The van der Waals surface area contributed by atoms with E-state index in [9.17, 15) is 4.79 Å². The summed E-state index contributed by atoms with van der Waals surface area (Å²) in [5, 5.41) is 9.54. The molecule has 4 nitrogen and oxygen atoms in total. The molecule has 0 spiro atoms. The summed E-state index contributed by atoms with van der Waals surface area (Å²) < 4.78 is 1.72.